The van der Waals surface area contributed by atoms with Gasteiger partial charge in [0, 0.05) is 0 Å². The molecule has 0 fully saturated rings. The van der Waals surface area contributed by atoms with Crippen molar-refractivity contribution in [3.63, 3.8) is 0 Å². The third kappa shape index (κ3) is 5.29. The minimum atomic E-state index is -0.324. The van der Waals surface area contributed by atoms with Crippen LogP contribution in [0.15, 0.2) is 45.9 Å². The van der Waals surface area contributed by atoms with Crippen molar-refractivity contribution >= 4 is 12.1 Å². The van der Waals surface area contributed by atoms with Gasteiger partial charge in [-0.1, -0.05) is 26.0 Å². The topological polar surface area (TPSA) is 63.8 Å². The summed E-state index contributed by atoms with van der Waals surface area (Å²) < 4.78 is 10.7. The fraction of sp³-hybridized carbons (Fsp3) is 0.333. The summed E-state index contributed by atoms with van der Waals surface area (Å²) in [5.41, 5.74) is 3.66. The molecule has 0 radical (unpaired) electrons. The van der Waals surface area contributed by atoms with Gasteiger partial charge in [-0.2, -0.15) is 5.10 Å². The number of furan rings is 1. The highest BCUT2D eigenvalue weighted by Gasteiger charge is 2.04. The average Bonchev–Trinajstić information content (AvgIpc) is 2.98. The van der Waals surface area contributed by atoms with E-state index < -0.39 is 0 Å². The van der Waals surface area contributed by atoms with Gasteiger partial charge in [-0.15, -0.1) is 0 Å². The molecule has 5 nitrogen and oxygen atoms in total. The van der Waals surface area contributed by atoms with Crippen molar-refractivity contribution in [1.82, 2.24) is 5.43 Å². The highest BCUT2D eigenvalue weighted by atomic mass is 16.5. The van der Waals surface area contributed by atoms with Crippen LogP contribution in [0, 0.1) is 6.92 Å². The molecule has 2 aromatic rings. The monoisotopic (exact) mass is 314 g/mol. The predicted octanol–water partition coefficient (Wildman–Crippen LogP) is 3.63. The summed E-state index contributed by atoms with van der Waals surface area (Å²) in [5.74, 6) is 2.24. The normalized spacial score (nSPS) is 12.3. The molecule has 1 aromatic heterocycles. The predicted molar refractivity (Wildman–Crippen MR) is 89.8 cm³/mol. The zero-order valence-electron chi connectivity index (χ0n) is 13.7. The number of ether oxygens (including phenoxy) is 1. The van der Waals surface area contributed by atoms with E-state index in [1.807, 2.05) is 37.3 Å². The van der Waals surface area contributed by atoms with Crippen LogP contribution in [0.2, 0.25) is 0 Å². The average molecular weight is 314 g/mol. The van der Waals surface area contributed by atoms with Crippen molar-refractivity contribution in [3.05, 3.63) is 53.5 Å². The van der Waals surface area contributed by atoms with E-state index in [-0.39, 0.29) is 12.5 Å². The lowest BCUT2D eigenvalue weighted by molar-refractivity contribution is -0.123. The van der Waals surface area contributed by atoms with E-state index in [1.54, 1.807) is 6.07 Å². The maximum absolute atomic E-state index is 11.7. The van der Waals surface area contributed by atoms with Gasteiger partial charge in [-0.05, 0) is 49.1 Å². The minimum absolute atomic E-state index is 0.0861. The van der Waals surface area contributed by atoms with Gasteiger partial charge in [-0.3, -0.25) is 4.79 Å². The van der Waals surface area contributed by atoms with Crippen LogP contribution in [0.4, 0.5) is 0 Å². The van der Waals surface area contributed by atoms with E-state index in [0.717, 1.165) is 12.2 Å². The second-order valence-corrected chi connectivity index (χ2v) is 5.41. The first kappa shape index (κ1) is 16.8. The molecule has 1 amide bonds. The Morgan fingerprint density at radius 1 is 1.30 bits per heavy atom. The number of nitrogens with one attached hydrogen (secondary N) is 1. The molecule has 0 aliphatic heterocycles. The third-order valence-corrected chi connectivity index (χ3v) is 3.57. The van der Waals surface area contributed by atoms with Gasteiger partial charge >= 0.3 is 0 Å². The molecular formula is C18H22N2O3. The molecule has 1 aromatic carbocycles. The molecule has 1 atom stereocenters. The highest BCUT2D eigenvalue weighted by molar-refractivity contribution is 5.81. The summed E-state index contributed by atoms with van der Waals surface area (Å²) in [7, 11) is 0. The first-order valence-corrected chi connectivity index (χ1v) is 7.69. The molecule has 0 saturated carbocycles. The second-order valence-electron chi connectivity index (χ2n) is 5.41. The van der Waals surface area contributed by atoms with E-state index in [4.69, 9.17) is 9.15 Å². The number of nitrogens with zero attached hydrogens (tertiary/aromatic N) is 1. The molecule has 0 bridgehead atoms. The molecular weight excluding hydrogens is 292 g/mol. The summed E-state index contributed by atoms with van der Waals surface area (Å²) in [6, 6.07) is 11.4. The van der Waals surface area contributed by atoms with Crippen molar-refractivity contribution in [1.29, 1.82) is 0 Å². The number of carbonyl (C=O) groups is 1. The van der Waals surface area contributed by atoms with Gasteiger partial charge in [0.15, 0.2) is 6.61 Å². The fourth-order valence-corrected chi connectivity index (χ4v) is 2.00. The zero-order valence-corrected chi connectivity index (χ0v) is 13.7. The van der Waals surface area contributed by atoms with Crippen LogP contribution in [0.25, 0.3) is 0 Å². The van der Waals surface area contributed by atoms with Crippen LogP contribution in [0.5, 0.6) is 5.75 Å². The van der Waals surface area contributed by atoms with Crippen molar-refractivity contribution in [3.8, 4) is 5.75 Å². The number of rotatable bonds is 7. The van der Waals surface area contributed by atoms with Crippen LogP contribution in [-0.2, 0) is 4.79 Å². The van der Waals surface area contributed by atoms with Crippen LogP contribution < -0.4 is 10.2 Å². The minimum Gasteiger partial charge on any atom is -0.484 e. The van der Waals surface area contributed by atoms with E-state index in [9.17, 15) is 4.79 Å². The number of aryl methyl sites for hydroxylation is 1. The lowest BCUT2D eigenvalue weighted by atomic mass is 9.99. The zero-order chi connectivity index (χ0) is 16.7. The molecule has 0 aliphatic rings. The van der Waals surface area contributed by atoms with Crippen molar-refractivity contribution in [2.24, 2.45) is 5.10 Å². The van der Waals surface area contributed by atoms with Crippen molar-refractivity contribution < 1.29 is 13.9 Å². The third-order valence-electron chi connectivity index (χ3n) is 3.57. The lowest BCUT2D eigenvalue weighted by Crippen LogP contribution is -2.24. The van der Waals surface area contributed by atoms with Gasteiger partial charge in [0.2, 0.25) is 0 Å². The Morgan fingerprint density at radius 3 is 2.65 bits per heavy atom. The summed E-state index contributed by atoms with van der Waals surface area (Å²) in [6.07, 6.45) is 2.54. The van der Waals surface area contributed by atoms with Gasteiger partial charge in [-0.25, -0.2) is 5.43 Å². The Hall–Kier alpha value is -2.56. The van der Waals surface area contributed by atoms with Crippen LogP contribution in [-0.4, -0.2) is 18.7 Å². The van der Waals surface area contributed by atoms with E-state index >= 15 is 0 Å². The molecule has 0 saturated heterocycles. The molecule has 2 rings (SSSR count). The first-order valence-electron chi connectivity index (χ1n) is 7.69. The van der Waals surface area contributed by atoms with Crippen molar-refractivity contribution in [2.75, 3.05) is 6.61 Å². The van der Waals surface area contributed by atoms with Crippen LogP contribution in [0.3, 0.4) is 0 Å². The van der Waals surface area contributed by atoms with Gasteiger partial charge in [0.1, 0.15) is 17.3 Å². The molecule has 122 valence electrons. The maximum atomic E-state index is 11.7. The Balaban J connectivity index is 1.76. The SMILES string of the molecule is CCC(C)c1ccc(OCC(=O)N/N=C/c2ccc(C)o2)cc1. The summed E-state index contributed by atoms with van der Waals surface area (Å²) in [6.45, 7) is 6.10. The first-order chi connectivity index (χ1) is 11.1. The smallest absolute Gasteiger partial charge is 0.277 e. The number of hydrogen-bond acceptors (Lipinski definition) is 4. The number of carbonyl (C=O) groups excluding carboxylic acids is 1. The Labute approximate surface area is 136 Å². The van der Waals surface area contributed by atoms with Gasteiger partial charge in [0.05, 0.1) is 6.21 Å². The summed E-state index contributed by atoms with van der Waals surface area (Å²) in [5, 5.41) is 3.82. The number of hydrogen-bond donors (Lipinski definition) is 1. The Morgan fingerprint density at radius 2 is 2.04 bits per heavy atom. The number of amides is 1. The molecule has 1 N–H and O–H groups in total. The van der Waals surface area contributed by atoms with Gasteiger partial charge in [0.25, 0.3) is 5.91 Å². The molecule has 0 aliphatic carbocycles. The standard InChI is InChI=1S/C18H22N2O3/c1-4-13(2)15-6-9-16(10-7-15)22-12-18(21)20-19-11-17-8-5-14(3)23-17/h5-11,13H,4,12H2,1-3H3,(H,20,21)/b19-11+. The molecule has 0 spiro atoms. The van der Waals surface area contributed by atoms with Crippen LogP contribution >= 0.6 is 0 Å². The summed E-state index contributed by atoms with van der Waals surface area (Å²) in [4.78, 5) is 11.7. The maximum Gasteiger partial charge on any atom is 0.277 e. The second kappa shape index (κ2) is 8.17. The lowest BCUT2D eigenvalue weighted by Gasteiger charge is -2.10. The molecule has 1 unspecified atom stereocenters. The Kier molecular flexibility index (Phi) is 5.97. The summed E-state index contributed by atoms with van der Waals surface area (Å²) >= 11 is 0. The molecule has 23 heavy (non-hydrogen) atoms. The van der Waals surface area contributed by atoms with Crippen molar-refractivity contribution in [2.45, 2.75) is 33.1 Å². The largest absolute Gasteiger partial charge is 0.484 e. The number of benzene rings is 1. The number of hydrazone groups is 1. The highest BCUT2D eigenvalue weighted by Crippen LogP contribution is 2.21. The van der Waals surface area contributed by atoms with E-state index in [2.05, 4.69) is 24.4 Å². The van der Waals surface area contributed by atoms with E-state index in [0.29, 0.717) is 17.4 Å². The fourth-order valence-electron chi connectivity index (χ4n) is 2.00. The quantitative estimate of drug-likeness (QED) is 0.627. The van der Waals surface area contributed by atoms with Crippen LogP contribution in [0.1, 0.15) is 43.3 Å². The molecule has 5 heteroatoms. The molecule has 1 heterocycles. The van der Waals surface area contributed by atoms with Gasteiger partial charge < -0.3 is 9.15 Å². The Bertz CT molecular complexity index is 659. The van der Waals surface area contributed by atoms with E-state index in [1.165, 1.54) is 11.8 Å².